The number of amides is 2. The van der Waals surface area contributed by atoms with Crippen molar-refractivity contribution in [3.63, 3.8) is 0 Å². The molecule has 2 aliphatic rings. The maximum absolute atomic E-state index is 13.2. The minimum Gasteiger partial charge on any atom is -0.486 e. The Labute approximate surface area is 188 Å². The summed E-state index contributed by atoms with van der Waals surface area (Å²) in [5.74, 6) is 1.51. The van der Waals surface area contributed by atoms with E-state index in [-0.39, 0.29) is 11.9 Å². The van der Waals surface area contributed by atoms with Gasteiger partial charge in [-0.2, -0.15) is 0 Å². The van der Waals surface area contributed by atoms with E-state index in [0.717, 1.165) is 42.0 Å². The normalized spacial score (nSPS) is 17.7. The summed E-state index contributed by atoms with van der Waals surface area (Å²) in [5.41, 5.74) is 2.06. The quantitative estimate of drug-likeness (QED) is 0.763. The van der Waals surface area contributed by atoms with Crippen LogP contribution in [0.5, 0.6) is 11.5 Å². The Balaban J connectivity index is 1.40. The van der Waals surface area contributed by atoms with Crippen molar-refractivity contribution in [2.24, 2.45) is 0 Å². The number of ether oxygens (including phenoxy) is 3. The van der Waals surface area contributed by atoms with E-state index in [0.29, 0.717) is 25.3 Å². The first kappa shape index (κ1) is 22.0. The van der Waals surface area contributed by atoms with E-state index in [9.17, 15) is 9.59 Å². The highest BCUT2D eigenvalue weighted by Crippen LogP contribution is 2.38. The van der Waals surface area contributed by atoms with Gasteiger partial charge in [-0.25, -0.2) is 4.79 Å². The van der Waals surface area contributed by atoms with Gasteiger partial charge in [-0.15, -0.1) is 0 Å². The Kier molecular flexibility index (Phi) is 6.26. The maximum Gasteiger partial charge on any atom is 0.407 e. The van der Waals surface area contributed by atoms with Crippen molar-refractivity contribution in [1.29, 1.82) is 0 Å². The summed E-state index contributed by atoms with van der Waals surface area (Å²) in [5, 5.41) is 2.73. The number of rotatable bonds is 4. The summed E-state index contributed by atoms with van der Waals surface area (Å²) in [6.07, 6.45) is 1.42. The van der Waals surface area contributed by atoms with Crippen LogP contribution in [0.25, 0.3) is 0 Å². The molecule has 0 radical (unpaired) electrons. The third-order valence-electron chi connectivity index (χ3n) is 5.50. The van der Waals surface area contributed by atoms with E-state index in [2.05, 4.69) is 5.32 Å². The fourth-order valence-corrected chi connectivity index (χ4v) is 4.04. The van der Waals surface area contributed by atoms with Gasteiger partial charge in [-0.3, -0.25) is 4.79 Å². The van der Waals surface area contributed by atoms with Crippen molar-refractivity contribution in [3.8, 4) is 11.5 Å². The van der Waals surface area contributed by atoms with Crippen LogP contribution >= 0.6 is 0 Å². The summed E-state index contributed by atoms with van der Waals surface area (Å²) in [6, 6.07) is 13.3. The zero-order chi connectivity index (χ0) is 22.7. The largest absolute Gasteiger partial charge is 0.486 e. The molecule has 1 fully saturated rings. The topological polar surface area (TPSA) is 77.1 Å². The highest BCUT2D eigenvalue weighted by molar-refractivity contribution is 5.94. The molecule has 0 saturated carbocycles. The molecule has 2 aliphatic heterocycles. The summed E-state index contributed by atoms with van der Waals surface area (Å²) >= 11 is 0. The average molecular weight is 439 g/mol. The predicted octanol–water partition coefficient (Wildman–Crippen LogP) is 4.46. The van der Waals surface area contributed by atoms with Crippen LogP contribution in [0.4, 0.5) is 4.79 Å². The molecule has 0 spiro atoms. The van der Waals surface area contributed by atoms with Crippen LogP contribution in [0, 0.1) is 0 Å². The number of carbonyl (C=O) groups is 2. The number of fused-ring (bicyclic) bond motifs is 1. The minimum atomic E-state index is -0.538. The molecule has 0 aliphatic carbocycles. The molecular formula is C25H30N2O5. The fraction of sp³-hybridized carbons (Fsp3) is 0.440. The molecule has 7 heteroatoms. The van der Waals surface area contributed by atoms with Gasteiger partial charge < -0.3 is 24.4 Å². The second kappa shape index (κ2) is 9.10. The zero-order valence-electron chi connectivity index (χ0n) is 18.8. The van der Waals surface area contributed by atoms with E-state index in [1.54, 1.807) is 0 Å². The number of hydrogen-bond acceptors (Lipinski definition) is 5. The molecule has 2 aromatic carbocycles. The Morgan fingerprint density at radius 1 is 1.06 bits per heavy atom. The lowest BCUT2D eigenvalue weighted by atomic mass is 10.0. The molecule has 1 atom stereocenters. The Hall–Kier alpha value is -3.22. The standard InChI is InChI=1S/C25H30N2O5/c1-25(2,3)32-24(29)26-16-17-6-8-18(9-7-17)23(28)27-12-4-5-20(27)19-10-11-21-22(15-19)31-14-13-30-21/h6-11,15,20H,4-5,12-14,16H2,1-3H3,(H,26,29). The number of nitrogens with one attached hydrogen (secondary N) is 1. The molecule has 4 rings (SSSR count). The Bertz CT molecular complexity index is 981. The van der Waals surface area contributed by atoms with Crippen molar-refractivity contribution in [2.75, 3.05) is 19.8 Å². The fourth-order valence-electron chi connectivity index (χ4n) is 4.04. The summed E-state index contributed by atoms with van der Waals surface area (Å²) in [6.45, 7) is 7.63. The molecule has 32 heavy (non-hydrogen) atoms. The second-order valence-corrected chi connectivity index (χ2v) is 9.11. The number of likely N-dealkylation sites (tertiary alicyclic amines) is 1. The number of nitrogens with zero attached hydrogens (tertiary/aromatic N) is 1. The first-order valence-corrected chi connectivity index (χ1v) is 11.1. The molecular weight excluding hydrogens is 408 g/mol. The highest BCUT2D eigenvalue weighted by atomic mass is 16.6. The third kappa shape index (κ3) is 5.15. The van der Waals surface area contributed by atoms with Crippen molar-refractivity contribution in [2.45, 2.75) is 51.8 Å². The number of benzene rings is 2. The van der Waals surface area contributed by atoms with Crippen molar-refractivity contribution in [3.05, 3.63) is 59.2 Å². The Morgan fingerprint density at radius 2 is 1.78 bits per heavy atom. The molecule has 0 bridgehead atoms. The van der Waals surface area contributed by atoms with Crippen LogP contribution < -0.4 is 14.8 Å². The van der Waals surface area contributed by atoms with Gasteiger partial charge in [0.1, 0.15) is 18.8 Å². The van der Waals surface area contributed by atoms with Crippen LogP contribution in [0.1, 0.15) is 61.1 Å². The SMILES string of the molecule is CC(C)(C)OC(=O)NCc1ccc(C(=O)N2CCCC2c2ccc3c(c2)OCCO3)cc1. The van der Waals surface area contributed by atoms with Gasteiger partial charge >= 0.3 is 6.09 Å². The molecule has 2 heterocycles. The van der Waals surface area contributed by atoms with Crippen LogP contribution in [-0.2, 0) is 11.3 Å². The molecule has 1 saturated heterocycles. The highest BCUT2D eigenvalue weighted by Gasteiger charge is 2.31. The van der Waals surface area contributed by atoms with E-state index < -0.39 is 11.7 Å². The lowest BCUT2D eigenvalue weighted by Gasteiger charge is -2.27. The van der Waals surface area contributed by atoms with Crippen LogP contribution in [0.3, 0.4) is 0 Å². The molecule has 2 aromatic rings. The number of hydrogen-bond donors (Lipinski definition) is 1. The van der Waals surface area contributed by atoms with E-state index >= 15 is 0 Å². The van der Waals surface area contributed by atoms with Crippen molar-refractivity contribution < 1.29 is 23.8 Å². The second-order valence-electron chi connectivity index (χ2n) is 9.11. The third-order valence-corrected chi connectivity index (χ3v) is 5.50. The lowest BCUT2D eigenvalue weighted by Crippen LogP contribution is -2.32. The van der Waals surface area contributed by atoms with Gasteiger partial charge in [0.2, 0.25) is 0 Å². The van der Waals surface area contributed by atoms with Gasteiger partial charge in [0.25, 0.3) is 5.91 Å². The number of carbonyl (C=O) groups excluding carboxylic acids is 2. The minimum absolute atomic E-state index is 0.00837. The van der Waals surface area contributed by atoms with Crippen LogP contribution in [-0.4, -0.2) is 42.3 Å². The Morgan fingerprint density at radius 3 is 2.50 bits per heavy atom. The number of alkyl carbamates (subject to hydrolysis) is 1. The van der Waals surface area contributed by atoms with Gasteiger partial charge in [0.15, 0.2) is 11.5 Å². The average Bonchev–Trinajstić information content (AvgIpc) is 3.26. The summed E-state index contributed by atoms with van der Waals surface area (Å²) < 4.78 is 16.6. The molecule has 2 amide bonds. The monoisotopic (exact) mass is 438 g/mol. The molecule has 0 aromatic heterocycles. The van der Waals surface area contributed by atoms with Crippen LogP contribution in [0.2, 0.25) is 0 Å². The lowest BCUT2D eigenvalue weighted by molar-refractivity contribution is 0.0523. The van der Waals surface area contributed by atoms with Gasteiger partial charge in [0.05, 0.1) is 6.04 Å². The molecule has 7 nitrogen and oxygen atoms in total. The van der Waals surface area contributed by atoms with E-state index in [1.807, 2.05) is 68.1 Å². The van der Waals surface area contributed by atoms with Crippen molar-refractivity contribution >= 4 is 12.0 Å². The molecule has 1 N–H and O–H groups in total. The van der Waals surface area contributed by atoms with Gasteiger partial charge in [0, 0.05) is 18.7 Å². The first-order valence-electron chi connectivity index (χ1n) is 11.1. The summed E-state index contributed by atoms with van der Waals surface area (Å²) in [4.78, 5) is 27.0. The van der Waals surface area contributed by atoms with E-state index in [4.69, 9.17) is 14.2 Å². The van der Waals surface area contributed by atoms with E-state index in [1.165, 1.54) is 0 Å². The van der Waals surface area contributed by atoms with Crippen molar-refractivity contribution in [1.82, 2.24) is 10.2 Å². The van der Waals surface area contributed by atoms with Crippen LogP contribution in [0.15, 0.2) is 42.5 Å². The first-order chi connectivity index (χ1) is 15.3. The smallest absolute Gasteiger partial charge is 0.407 e. The maximum atomic E-state index is 13.2. The predicted molar refractivity (Wildman–Crippen MR) is 120 cm³/mol. The molecule has 1 unspecified atom stereocenters. The molecule has 170 valence electrons. The zero-order valence-corrected chi connectivity index (χ0v) is 18.8. The van der Waals surface area contributed by atoms with Gasteiger partial charge in [-0.1, -0.05) is 18.2 Å². The van der Waals surface area contributed by atoms with Gasteiger partial charge in [-0.05, 0) is 69.0 Å². The summed E-state index contributed by atoms with van der Waals surface area (Å²) in [7, 11) is 0.